The molecule has 23 heavy (non-hydrogen) atoms. The Morgan fingerprint density at radius 2 is 2.30 bits per heavy atom. The molecule has 3 rings (SSSR count). The zero-order chi connectivity index (χ0) is 16.3. The van der Waals surface area contributed by atoms with E-state index >= 15 is 0 Å². The van der Waals surface area contributed by atoms with Crippen molar-refractivity contribution in [3.63, 3.8) is 0 Å². The first-order valence-corrected chi connectivity index (χ1v) is 9.73. The van der Waals surface area contributed by atoms with Gasteiger partial charge in [0, 0.05) is 5.25 Å². The minimum absolute atomic E-state index is 0.0403. The van der Waals surface area contributed by atoms with Gasteiger partial charge in [-0.1, -0.05) is 0 Å². The Bertz CT molecular complexity index is 768. The number of esters is 1. The molecule has 1 atom stereocenters. The second-order valence-corrected chi connectivity index (χ2v) is 8.49. The molecular formula is C13H14N2O6S2. The van der Waals surface area contributed by atoms with E-state index in [4.69, 9.17) is 13.6 Å². The van der Waals surface area contributed by atoms with E-state index in [1.165, 1.54) is 18.0 Å². The highest BCUT2D eigenvalue weighted by Gasteiger charge is 2.28. The highest BCUT2D eigenvalue weighted by Crippen LogP contribution is 2.24. The number of hydrogen-bond acceptors (Lipinski definition) is 9. The molecule has 0 spiro atoms. The largest absolute Gasteiger partial charge is 0.459 e. The van der Waals surface area contributed by atoms with Crippen molar-refractivity contribution in [2.45, 2.75) is 18.3 Å². The molecule has 0 aliphatic carbocycles. The number of thioether (sulfide) groups is 1. The fourth-order valence-corrected chi connectivity index (χ4v) is 5.51. The zero-order valence-corrected chi connectivity index (χ0v) is 13.6. The second kappa shape index (κ2) is 6.75. The van der Waals surface area contributed by atoms with Crippen molar-refractivity contribution in [2.75, 3.05) is 17.3 Å². The summed E-state index contributed by atoms with van der Waals surface area (Å²) >= 11 is 1.30. The molecule has 8 nitrogen and oxygen atoms in total. The Balaban J connectivity index is 1.43. The van der Waals surface area contributed by atoms with E-state index in [2.05, 4.69) is 10.2 Å². The first-order valence-electron chi connectivity index (χ1n) is 6.86. The van der Waals surface area contributed by atoms with Crippen LogP contribution in [0, 0.1) is 0 Å². The van der Waals surface area contributed by atoms with E-state index in [0.717, 1.165) is 0 Å². The average Bonchev–Trinajstić information content (AvgIpc) is 3.23. The van der Waals surface area contributed by atoms with E-state index in [9.17, 15) is 13.2 Å². The number of sulfone groups is 1. The predicted molar refractivity (Wildman–Crippen MR) is 81.3 cm³/mol. The first kappa shape index (κ1) is 16.1. The fraction of sp³-hybridized carbons (Fsp3) is 0.462. The molecule has 2 aromatic heterocycles. The number of carbonyl (C=O) groups excluding carboxylic acids is 1. The molecule has 1 aliphatic heterocycles. The highest BCUT2D eigenvalue weighted by atomic mass is 32.2. The van der Waals surface area contributed by atoms with Crippen LogP contribution in [0.15, 0.2) is 27.2 Å². The lowest BCUT2D eigenvalue weighted by Gasteiger charge is -2.06. The van der Waals surface area contributed by atoms with Crippen LogP contribution in [0.5, 0.6) is 0 Å². The number of rotatable bonds is 6. The maximum absolute atomic E-state index is 11.7. The van der Waals surface area contributed by atoms with Gasteiger partial charge in [0.15, 0.2) is 22.2 Å². The second-order valence-electron chi connectivity index (χ2n) is 4.97. The minimum atomic E-state index is -2.93. The molecule has 3 heterocycles. The number of nitrogens with zero attached hydrogens (tertiary/aromatic N) is 2. The van der Waals surface area contributed by atoms with Gasteiger partial charge in [0.2, 0.25) is 0 Å². The van der Waals surface area contributed by atoms with Gasteiger partial charge < -0.3 is 13.6 Å². The number of hydrogen-bond donors (Lipinski definition) is 0. The van der Waals surface area contributed by atoms with E-state index in [1.807, 2.05) is 0 Å². The van der Waals surface area contributed by atoms with Crippen LogP contribution in [0.4, 0.5) is 0 Å². The number of ether oxygens (including phenoxy) is 1. The van der Waals surface area contributed by atoms with Crippen LogP contribution in [0.1, 0.15) is 12.3 Å². The van der Waals surface area contributed by atoms with E-state index in [1.54, 1.807) is 12.1 Å². The monoisotopic (exact) mass is 358 g/mol. The van der Waals surface area contributed by atoms with E-state index in [-0.39, 0.29) is 40.9 Å². The maximum Gasteiger partial charge on any atom is 0.316 e. The summed E-state index contributed by atoms with van der Waals surface area (Å²) in [5.74, 6) is 0.785. The van der Waals surface area contributed by atoms with Gasteiger partial charge in [-0.15, -0.1) is 22.0 Å². The number of furan rings is 1. The molecule has 10 heteroatoms. The van der Waals surface area contributed by atoms with Gasteiger partial charge in [0.05, 0.1) is 23.5 Å². The predicted octanol–water partition coefficient (Wildman–Crippen LogP) is 1.29. The molecular weight excluding hydrogens is 344 g/mol. The number of carbonyl (C=O) groups is 1. The molecule has 0 bridgehead atoms. The topological polar surface area (TPSA) is 112 Å². The van der Waals surface area contributed by atoms with Crippen LogP contribution in [-0.2, 0) is 26.0 Å². The molecule has 0 N–H and O–H groups in total. The summed E-state index contributed by atoms with van der Waals surface area (Å²) in [6, 6.07) is 3.37. The summed E-state index contributed by atoms with van der Waals surface area (Å²) < 4.78 is 38.1. The van der Waals surface area contributed by atoms with E-state index in [0.29, 0.717) is 12.2 Å². The van der Waals surface area contributed by atoms with Gasteiger partial charge >= 0.3 is 5.97 Å². The van der Waals surface area contributed by atoms with Crippen molar-refractivity contribution >= 4 is 27.6 Å². The van der Waals surface area contributed by atoms with Gasteiger partial charge in [-0.25, -0.2) is 8.42 Å². The summed E-state index contributed by atoms with van der Waals surface area (Å²) in [6.07, 6.45) is 2.07. The maximum atomic E-state index is 11.7. The van der Waals surface area contributed by atoms with Gasteiger partial charge in [-0.2, -0.15) is 0 Å². The lowest BCUT2D eigenvalue weighted by molar-refractivity contribution is -0.142. The zero-order valence-electron chi connectivity index (χ0n) is 12.0. The molecule has 1 saturated heterocycles. The van der Waals surface area contributed by atoms with Crippen LogP contribution in [-0.4, -0.2) is 47.1 Å². The average molecular weight is 358 g/mol. The minimum Gasteiger partial charge on any atom is -0.459 e. The van der Waals surface area contributed by atoms with Gasteiger partial charge in [0.25, 0.3) is 11.8 Å². The molecule has 0 radical (unpaired) electrons. The SMILES string of the molecule is O=C(CS[C@H]1CCS(=O)(=O)C1)OCc1nnc(-c2ccco2)o1. The smallest absolute Gasteiger partial charge is 0.316 e. The van der Waals surface area contributed by atoms with Crippen molar-refractivity contribution in [3.8, 4) is 11.7 Å². The summed E-state index contributed by atoms with van der Waals surface area (Å²) in [4.78, 5) is 11.7. The summed E-state index contributed by atoms with van der Waals surface area (Å²) in [5.41, 5.74) is 0. The van der Waals surface area contributed by atoms with Crippen LogP contribution < -0.4 is 0 Å². The molecule has 2 aromatic rings. The Hall–Kier alpha value is -1.81. The van der Waals surface area contributed by atoms with Gasteiger partial charge in [0.1, 0.15) is 0 Å². The Kier molecular flexibility index (Phi) is 4.71. The third kappa shape index (κ3) is 4.35. The summed E-state index contributed by atoms with van der Waals surface area (Å²) in [6.45, 7) is -0.129. The van der Waals surface area contributed by atoms with Crippen molar-refractivity contribution in [3.05, 3.63) is 24.3 Å². The third-order valence-corrected chi connectivity index (χ3v) is 6.44. The molecule has 0 amide bonds. The van der Waals surface area contributed by atoms with Crippen LogP contribution >= 0.6 is 11.8 Å². The van der Waals surface area contributed by atoms with Crippen molar-refractivity contribution in [2.24, 2.45) is 0 Å². The molecule has 0 saturated carbocycles. The molecule has 0 aromatic carbocycles. The van der Waals surface area contributed by atoms with Crippen molar-refractivity contribution in [1.29, 1.82) is 0 Å². The van der Waals surface area contributed by atoms with Crippen LogP contribution in [0.2, 0.25) is 0 Å². The number of aromatic nitrogens is 2. The molecule has 124 valence electrons. The summed E-state index contributed by atoms with van der Waals surface area (Å²) in [7, 11) is -2.93. The van der Waals surface area contributed by atoms with Crippen molar-refractivity contribution in [1.82, 2.24) is 10.2 Å². The van der Waals surface area contributed by atoms with E-state index < -0.39 is 15.8 Å². The normalized spacial score (nSPS) is 19.7. The quantitative estimate of drug-likeness (QED) is 0.705. The Morgan fingerprint density at radius 1 is 1.43 bits per heavy atom. The molecule has 0 unspecified atom stereocenters. The first-order chi connectivity index (χ1) is 11.0. The Labute approximate surface area is 136 Å². The molecule has 1 fully saturated rings. The van der Waals surface area contributed by atoms with Gasteiger partial charge in [-0.05, 0) is 18.6 Å². The third-order valence-electron chi connectivity index (χ3n) is 3.18. The Morgan fingerprint density at radius 3 is 3.00 bits per heavy atom. The van der Waals surface area contributed by atoms with Gasteiger partial charge in [-0.3, -0.25) is 4.79 Å². The fourth-order valence-electron chi connectivity index (χ4n) is 2.07. The lowest BCUT2D eigenvalue weighted by atomic mass is 10.4. The highest BCUT2D eigenvalue weighted by molar-refractivity contribution is 8.02. The van der Waals surface area contributed by atoms with Crippen molar-refractivity contribution < 1.29 is 26.8 Å². The van der Waals surface area contributed by atoms with Crippen LogP contribution in [0.25, 0.3) is 11.7 Å². The molecule has 1 aliphatic rings. The lowest BCUT2D eigenvalue weighted by Crippen LogP contribution is -2.12. The standard InChI is InChI=1S/C13H14N2O6S2/c16-12(7-22-9-3-5-23(17,18)8-9)20-6-11-14-15-13(21-11)10-2-1-4-19-10/h1-2,4,9H,3,5-8H2/t9-/m0/s1. The summed E-state index contributed by atoms with van der Waals surface area (Å²) in [5, 5.41) is 7.51. The van der Waals surface area contributed by atoms with Crippen LogP contribution in [0.3, 0.4) is 0 Å².